The maximum atomic E-state index is 12.1. The van der Waals surface area contributed by atoms with Crippen LogP contribution < -0.4 is 5.73 Å². The first kappa shape index (κ1) is 14.7. The van der Waals surface area contributed by atoms with Crippen LogP contribution in [-0.2, 0) is 9.59 Å². The highest BCUT2D eigenvalue weighted by molar-refractivity contribution is 6.04. The molecule has 3 atom stereocenters. The van der Waals surface area contributed by atoms with Crippen molar-refractivity contribution < 1.29 is 9.59 Å². The summed E-state index contributed by atoms with van der Waals surface area (Å²) in [6, 6.07) is 5.74. The first-order valence-electron chi connectivity index (χ1n) is 7.01. The second kappa shape index (κ2) is 5.37. The molecule has 0 bridgehead atoms. The first-order valence-corrected chi connectivity index (χ1v) is 7.01. The van der Waals surface area contributed by atoms with E-state index in [-0.39, 0.29) is 36.2 Å². The van der Waals surface area contributed by atoms with E-state index in [4.69, 9.17) is 5.73 Å². The number of hydrogen-bond acceptors (Lipinski definition) is 3. The van der Waals surface area contributed by atoms with Gasteiger partial charge in [-0.3, -0.25) is 14.5 Å². The zero-order valence-electron chi connectivity index (χ0n) is 12.5. The van der Waals surface area contributed by atoms with Gasteiger partial charge >= 0.3 is 0 Å². The summed E-state index contributed by atoms with van der Waals surface area (Å²) < 4.78 is 0. The summed E-state index contributed by atoms with van der Waals surface area (Å²) in [5.41, 5.74) is 9.42. The van der Waals surface area contributed by atoms with Gasteiger partial charge in [-0.15, -0.1) is 0 Å². The molecule has 1 heterocycles. The van der Waals surface area contributed by atoms with Gasteiger partial charge in [0.25, 0.3) is 0 Å². The number of imide groups is 1. The van der Waals surface area contributed by atoms with Gasteiger partial charge in [0.1, 0.15) is 0 Å². The van der Waals surface area contributed by atoms with Crippen molar-refractivity contribution in [2.24, 2.45) is 17.6 Å². The number of aryl methyl sites for hydroxylation is 2. The number of carbonyl (C=O) groups is 2. The van der Waals surface area contributed by atoms with Crippen molar-refractivity contribution in [3.05, 3.63) is 34.9 Å². The first-order chi connectivity index (χ1) is 9.32. The van der Waals surface area contributed by atoms with E-state index in [2.05, 4.69) is 0 Å². The van der Waals surface area contributed by atoms with Crippen LogP contribution in [0.15, 0.2) is 18.2 Å². The summed E-state index contributed by atoms with van der Waals surface area (Å²) in [7, 11) is 0. The van der Waals surface area contributed by atoms with Gasteiger partial charge in [-0.1, -0.05) is 37.6 Å². The zero-order valence-corrected chi connectivity index (χ0v) is 12.5. The van der Waals surface area contributed by atoms with Crippen LogP contribution >= 0.6 is 0 Å². The maximum absolute atomic E-state index is 12.1. The average molecular weight is 274 g/mol. The molecule has 0 aliphatic carbocycles. The van der Waals surface area contributed by atoms with Crippen molar-refractivity contribution in [1.29, 1.82) is 0 Å². The standard InChI is InChI=1S/C16H22N2O2/c1-9-5-6-10(2)13(7-9)14(17)8-18-15(19)11(3)12(4)16(18)20/h5-7,11-12,14H,8,17H2,1-4H3. The SMILES string of the molecule is Cc1ccc(C)c(C(N)CN2C(=O)C(C)C(C)C2=O)c1. The summed E-state index contributed by atoms with van der Waals surface area (Å²) in [4.78, 5) is 25.5. The Hall–Kier alpha value is -1.68. The fourth-order valence-electron chi connectivity index (χ4n) is 2.66. The summed E-state index contributed by atoms with van der Waals surface area (Å²) in [6.07, 6.45) is 0. The highest BCUT2D eigenvalue weighted by Gasteiger charge is 2.42. The predicted molar refractivity (Wildman–Crippen MR) is 77.9 cm³/mol. The third kappa shape index (κ3) is 2.48. The molecule has 1 aromatic rings. The van der Waals surface area contributed by atoms with Crippen LogP contribution in [0.4, 0.5) is 0 Å². The van der Waals surface area contributed by atoms with Crippen molar-refractivity contribution in [3.63, 3.8) is 0 Å². The van der Waals surface area contributed by atoms with Crippen LogP contribution in [0, 0.1) is 25.7 Å². The summed E-state index contributed by atoms with van der Waals surface area (Å²) in [6.45, 7) is 7.86. The minimum atomic E-state index is -0.333. The normalized spacial score (nSPS) is 24.4. The molecule has 2 rings (SSSR count). The van der Waals surface area contributed by atoms with Crippen molar-refractivity contribution in [2.45, 2.75) is 33.7 Å². The highest BCUT2D eigenvalue weighted by Crippen LogP contribution is 2.27. The van der Waals surface area contributed by atoms with Gasteiger partial charge in [0, 0.05) is 24.4 Å². The topological polar surface area (TPSA) is 63.4 Å². The predicted octanol–water partition coefficient (Wildman–Crippen LogP) is 1.94. The molecular weight excluding hydrogens is 252 g/mol. The van der Waals surface area contributed by atoms with E-state index in [0.29, 0.717) is 0 Å². The number of hydrogen-bond donors (Lipinski definition) is 1. The van der Waals surface area contributed by atoms with E-state index in [0.717, 1.165) is 16.7 Å². The second-order valence-electron chi connectivity index (χ2n) is 5.83. The number of amides is 2. The Bertz CT molecular complexity index is 533. The van der Waals surface area contributed by atoms with Crippen molar-refractivity contribution in [2.75, 3.05) is 6.54 Å². The Labute approximate surface area is 119 Å². The largest absolute Gasteiger partial charge is 0.322 e. The Kier molecular flexibility index (Phi) is 3.95. The lowest BCUT2D eigenvalue weighted by Crippen LogP contribution is -2.37. The van der Waals surface area contributed by atoms with Crippen LogP contribution in [-0.4, -0.2) is 23.3 Å². The third-order valence-electron chi connectivity index (χ3n) is 4.27. The lowest BCUT2D eigenvalue weighted by atomic mass is 9.99. The monoisotopic (exact) mass is 274 g/mol. The Morgan fingerprint density at radius 2 is 1.70 bits per heavy atom. The van der Waals surface area contributed by atoms with Crippen LogP contribution in [0.25, 0.3) is 0 Å². The molecule has 2 N–H and O–H groups in total. The summed E-state index contributed by atoms with van der Waals surface area (Å²) in [5.74, 6) is -0.701. The number of rotatable bonds is 3. The van der Waals surface area contributed by atoms with Gasteiger partial charge in [0.15, 0.2) is 0 Å². The van der Waals surface area contributed by atoms with E-state index < -0.39 is 0 Å². The Morgan fingerprint density at radius 3 is 2.25 bits per heavy atom. The van der Waals surface area contributed by atoms with E-state index >= 15 is 0 Å². The number of likely N-dealkylation sites (tertiary alicyclic amines) is 1. The van der Waals surface area contributed by atoms with Crippen LogP contribution in [0.5, 0.6) is 0 Å². The molecule has 1 saturated heterocycles. The van der Waals surface area contributed by atoms with E-state index in [1.54, 1.807) is 13.8 Å². The average Bonchev–Trinajstić information content (AvgIpc) is 2.59. The van der Waals surface area contributed by atoms with E-state index in [1.807, 2.05) is 32.0 Å². The molecule has 0 spiro atoms. The van der Waals surface area contributed by atoms with Crippen molar-refractivity contribution in [1.82, 2.24) is 4.90 Å². The molecule has 0 radical (unpaired) electrons. The number of nitrogens with zero attached hydrogens (tertiary/aromatic N) is 1. The molecule has 0 saturated carbocycles. The lowest BCUT2D eigenvalue weighted by molar-refractivity contribution is -0.140. The van der Waals surface area contributed by atoms with Gasteiger partial charge in [-0.05, 0) is 25.0 Å². The van der Waals surface area contributed by atoms with Gasteiger partial charge in [-0.25, -0.2) is 0 Å². The third-order valence-corrected chi connectivity index (χ3v) is 4.27. The molecule has 1 fully saturated rings. The quantitative estimate of drug-likeness (QED) is 0.857. The molecule has 1 aliphatic rings. The zero-order chi connectivity index (χ0) is 15.0. The van der Waals surface area contributed by atoms with Crippen molar-refractivity contribution in [3.8, 4) is 0 Å². The highest BCUT2D eigenvalue weighted by atomic mass is 16.2. The van der Waals surface area contributed by atoms with Gasteiger partial charge in [0.2, 0.25) is 11.8 Å². The summed E-state index contributed by atoms with van der Waals surface area (Å²) >= 11 is 0. The molecule has 0 aromatic heterocycles. The van der Waals surface area contributed by atoms with Crippen LogP contribution in [0.1, 0.15) is 36.6 Å². The van der Waals surface area contributed by atoms with Gasteiger partial charge in [0.05, 0.1) is 0 Å². The fourth-order valence-corrected chi connectivity index (χ4v) is 2.66. The number of benzene rings is 1. The van der Waals surface area contributed by atoms with Gasteiger partial charge < -0.3 is 5.73 Å². The van der Waals surface area contributed by atoms with E-state index in [9.17, 15) is 9.59 Å². The van der Waals surface area contributed by atoms with E-state index in [1.165, 1.54) is 4.90 Å². The molecule has 3 unspecified atom stereocenters. The number of nitrogens with two attached hydrogens (primary N) is 1. The molecule has 1 aromatic carbocycles. The smallest absolute Gasteiger partial charge is 0.232 e. The molecular formula is C16H22N2O2. The summed E-state index contributed by atoms with van der Waals surface area (Å²) in [5, 5.41) is 0. The second-order valence-corrected chi connectivity index (χ2v) is 5.83. The molecule has 2 amide bonds. The molecule has 108 valence electrons. The molecule has 4 nitrogen and oxygen atoms in total. The van der Waals surface area contributed by atoms with Crippen LogP contribution in [0.3, 0.4) is 0 Å². The molecule has 20 heavy (non-hydrogen) atoms. The lowest BCUT2D eigenvalue weighted by Gasteiger charge is -2.21. The minimum Gasteiger partial charge on any atom is -0.322 e. The minimum absolute atomic E-state index is 0.108. The van der Waals surface area contributed by atoms with Crippen molar-refractivity contribution >= 4 is 11.8 Å². The fraction of sp³-hybridized carbons (Fsp3) is 0.500. The van der Waals surface area contributed by atoms with Gasteiger partial charge in [-0.2, -0.15) is 0 Å². The number of carbonyl (C=O) groups excluding carboxylic acids is 2. The Balaban J connectivity index is 2.20. The maximum Gasteiger partial charge on any atom is 0.232 e. The Morgan fingerprint density at radius 1 is 1.15 bits per heavy atom. The molecule has 1 aliphatic heterocycles. The molecule has 4 heteroatoms. The van der Waals surface area contributed by atoms with Crippen LogP contribution in [0.2, 0.25) is 0 Å².